The highest BCUT2D eigenvalue weighted by molar-refractivity contribution is 5.46. The van der Waals surface area contributed by atoms with Crippen molar-refractivity contribution in [3.05, 3.63) is 23.5 Å². The van der Waals surface area contributed by atoms with Crippen molar-refractivity contribution in [2.75, 3.05) is 7.11 Å². The van der Waals surface area contributed by atoms with E-state index in [1.54, 1.807) is 0 Å². The quantitative estimate of drug-likeness (QED) is 0.648. The molecule has 5 heteroatoms. The fourth-order valence-corrected chi connectivity index (χ4v) is 2.08. The Labute approximate surface area is 97.7 Å². The maximum atomic E-state index is 13.9. The van der Waals surface area contributed by atoms with Crippen LogP contribution in [0, 0.1) is 5.82 Å². The Morgan fingerprint density at radius 2 is 2.24 bits per heavy atom. The second kappa shape index (κ2) is 4.18. The number of isocyanates is 1. The molecule has 1 fully saturated rings. The Bertz CT molecular complexity index is 491. The van der Waals surface area contributed by atoms with Crippen LogP contribution in [0.2, 0.25) is 0 Å². The van der Waals surface area contributed by atoms with Crippen LogP contribution in [0.1, 0.15) is 24.8 Å². The van der Waals surface area contributed by atoms with Gasteiger partial charge in [-0.05, 0) is 25.3 Å². The monoisotopic (exact) mass is 237 g/mol. The average Bonchev–Trinajstić information content (AvgIpc) is 2.27. The number of ether oxygens (including phenoxy) is 1. The molecule has 2 rings (SSSR count). The Balaban J connectivity index is 2.57. The fourth-order valence-electron chi connectivity index (χ4n) is 2.08. The minimum Gasteiger partial charge on any atom is -0.505 e. The molecule has 0 radical (unpaired) electrons. The van der Waals surface area contributed by atoms with Crippen molar-refractivity contribution in [3.8, 4) is 11.5 Å². The summed E-state index contributed by atoms with van der Waals surface area (Å²) in [6.45, 7) is 0. The molecule has 0 spiro atoms. The van der Waals surface area contributed by atoms with Gasteiger partial charge in [0.1, 0.15) is 11.3 Å². The number of aromatic hydroxyl groups is 1. The number of halogens is 1. The van der Waals surface area contributed by atoms with Crippen LogP contribution in [0.25, 0.3) is 0 Å². The summed E-state index contributed by atoms with van der Waals surface area (Å²) in [5, 5.41) is 9.47. The van der Waals surface area contributed by atoms with Gasteiger partial charge in [-0.25, -0.2) is 9.18 Å². The van der Waals surface area contributed by atoms with E-state index in [1.165, 1.54) is 25.3 Å². The summed E-state index contributed by atoms with van der Waals surface area (Å²) in [6, 6.07) is 2.66. The Morgan fingerprint density at radius 3 is 2.71 bits per heavy atom. The molecule has 1 aliphatic rings. The molecule has 0 aliphatic heterocycles. The maximum absolute atomic E-state index is 13.9. The second-order valence-corrected chi connectivity index (χ2v) is 4.10. The molecule has 0 atom stereocenters. The van der Waals surface area contributed by atoms with Gasteiger partial charge < -0.3 is 9.84 Å². The topological polar surface area (TPSA) is 58.9 Å². The van der Waals surface area contributed by atoms with Gasteiger partial charge in [0, 0.05) is 11.6 Å². The number of benzene rings is 1. The zero-order chi connectivity index (χ0) is 12.5. The van der Waals surface area contributed by atoms with Gasteiger partial charge in [0.15, 0.2) is 11.6 Å². The number of phenolic OH excluding ortho intramolecular Hbond substituents is 1. The van der Waals surface area contributed by atoms with Gasteiger partial charge in [0.05, 0.1) is 7.11 Å². The molecule has 1 aromatic rings. The number of phenols is 1. The minimum absolute atomic E-state index is 0.198. The molecule has 0 saturated heterocycles. The van der Waals surface area contributed by atoms with Crippen LogP contribution >= 0.6 is 0 Å². The molecule has 1 saturated carbocycles. The second-order valence-electron chi connectivity index (χ2n) is 4.10. The van der Waals surface area contributed by atoms with Gasteiger partial charge in [-0.1, -0.05) is 0 Å². The summed E-state index contributed by atoms with van der Waals surface area (Å²) in [6.07, 6.45) is 3.49. The summed E-state index contributed by atoms with van der Waals surface area (Å²) >= 11 is 0. The number of methoxy groups -OCH3 is 1. The zero-order valence-corrected chi connectivity index (χ0v) is 9.36. The Kier molecular flexibility index (Phi) is 2.86. The number of aliphatic imine (C=N–C) groups is 1. The third-order valence-corrected chi connectivity index (χ3v) is 3.20. The normalized spacial score (nSPS) is 16.8. The van der Waals surface area contributed by atoms with Crippen LogP contribution in [-0.2, 0) is 10.3 Å². The van der Waals surface area contributed by atoms with Gasteiger partial charge >= 0.3 is 0 Å². The molecule has 0 unspecified atom stereocenters. The van der Waals surface area contributed by atoms with E-state index in [0.717, 1.165) is 6.42 Å². The van der Waals surface area contributed by atoms with Crippen LogP contribution < -0.4 is 4.74 Å². The van der Waals surface area contributed by atoms with E-state index >= 15 is 0 Å². The first-order valence-electron chi connectivity index (χ1n) is 5.29. The predicted octanol–water partition coefficient (Wildman–Crippen LogP) is 2.25. The highest BCUT2D eigenvalue weighted by Crippen LogP contribution is 2.47. The SMILES string of the molecule is COc1cc(O)c(F)c(C2(N=C=O)CCC2)c1. The highest BCUT2D eigenvalue weighted by Gasteiger charge is 2.42. The lowest BCUT2D eigenvalue weighted by Gasteiger charge is -2.37. The highest BCUT2D eigenvalue weighted by atomic mass is 19.1. The van der Waals surface area contributed by atoms with Gasteiger partial charge in [-0.15, -0.1) is 0 Å². The number of nitrogens with zero attached hydrogens (tertiary/aromatic N) is 1. The lowest BCUT2D eigenvalue weighted by atomic mass is 9.72. The summed E-state index contributed by atoms with van der Waals surface area (Å²) in [5.74, 6) is -0.900. The number of hydrogen-bond acceptors (Lipinski definition) is 4. The molecular weight excluding hydrogens is 225 g/mol. The first-order valence-corrected chi connectivity index (χ1v) is 5.29. The van der Waals surface area contributed by atoms with Crippen molar-refractivity contribution >= 4 is 6.08 Å². The molecule has 0 bridgehead atoms. The molecular formula is C12H12FNO3. The molecule has 0 heterocycles. The Morgan fingerprint density at radius 1 is 1.53 bits per heavy atom. The molecule has 0 amide bonds. The molecule has 1 N–H and O–H groups in total. The van der Waals surface area contributed by atoms with Crippen molar-refractivity contribution in [1.82, 2.24) is 0 Å². The van der Waals surface area contributed by atoms with Crippen LogP contribution in [0.5, 0.6) is 11.5 Å². The summed E-state index contributed by atoms with van der Waals surface area (Å²) in [4.78, 5) is 14.1. The molecule has 17 heavy (non-hydrogen) atoms. The third kappa shape index (κ3) is 1.78. The van der Waals surface area contributed by atoms with E-state index in [0.29, 0.717) is 18.6 Å². The van der Waals surface area contributed by atoms with E-state index < -0.39 is 17.1 Å². The number of rotatable bonds is 3. The van der Waals surface area contributed by atoms with Gasteiger partial charge in [0.25, 0.3) is 0 Å². The van der Waals surface area contributed by atoms with Crippen LogP contribution in [-0.4, -0.2) is 18.3 Å². The minimum atomic E-state index is -0.877. The van der Waals surface area contributed by atoms with E-state index in [1.807, 2.05) is 0 Å². The van der Waals surface area contributed by atoms with Crippen molar-refractivity contribution in [1.29, 1.82) is 0 Å². The number of carbonyl (C=O) groups excluding carboxylic acids is 1. The predicted molar refractivity (Wildman–Crippen MR) is 58.3 cm³/mol. The largest absolute Gasteiger partial charge is 0.505 e. The Hall–Kier alpha value is -1.87. The van der Waals surface area contributed by atoms with Crippen molar-refractivity contribution < 1.29 is 19.0 Å². The number of hydrogen-bond donors (Lipinski definition) is 1. The van der Waals surface area contributed by atoms with Gasteiger partial charge in [-0.2, -0.15) is 4.99 Å². The molecule has 0 aromatic heterocycles. The van der Waals surface area contributed by atoms with Crippen LogP contribution in [0.15, 0.2) is 17.1 Å². The van der Waals surface area contributed by atoms with Gasteiger partial charge in [-0.3, -0.25) is 0 Å². The molecule has 1 aromatic carbocycles. The van der Waals surface area contributed by atoms with E-state index in [2.05, 4.69) is 4.99 Å². The third-order valence-electron chi connectivity index (χ3n) is 3.20. The zero-order valence-electron chi connectivity index (χ0n) is 9.36. The fraction of sp³-hybridized carbons (Fsp3) is 0.417. The maximum Gasteiger partial charge on any atom is 0.235 e. The van der Waals surface area contributed by atoms with E-state index in [9.17, 15) is 14.3 Å². The van der Waals surface area contributed by atoms with Gasteiger partial charge in [0.2, 0.25) is 6.08 Å². The lowest BCUT2D eigenvalue weighted by molar-refractivity contribution is 0.243. The van der Waals surface area contributed by atoms with Crippen molar-refractivity contribution in [3.63, 3.8) is 0 Å². The van der Waals surface area contributed by atoms with E-state index in [-0.39, 0.29) is 5.56 Å². The molecule has 90 valence electrons. The first-order chi connectivity index (χ1) is 8.13. The smallest absolute Gasteiger partial charge is 0.235 e. The summed E-state index contributed by atoms with van der Waals surface area (Å²) < 4.78 is 18.8. The lowest BCUT2D eigenvalue weighted by Crippen LogP contribution is -2.33. The average molecular weight is 237 g/mol. The first kappa shape index (κ1) is 11.6. The van der Waals surface area contributed by atoms with Crippen LogP contribution in [0.4, 0.5) is 4.39 Å². The van der Waals surface area contributed by atoms with Crippen molar-refractivity contribution in [2.24, 2.45) is 4.99 Å². The molecule has 4 nitrogen and oxygen atoms in total. The summed E-state index contributed by atoms with van der Waals surface area (Å²) in [7, 11) is 1.42. The summed E-state index contributed by atoms with van der Waals surface area (Å²) in [5.41, 5.74) is -0.679. The van der Waals surface area contributed by atoms with Crippen LogP contribution in [0.3, 0.4) is 0 Å². The standard InChI is InChI=1S/C12H12FNO3/c1-17-8-5-9(11(13)10(16)6-8)12(14-7-15)3-2-4-12/h5-6,16H,2-4H2,1H3. The van der Waals surface area contributed by atoms with E-state index in [4.69, 9.17) is 4.74 Å². The van der Waals surface area contributed by atoms with Crippen molar-refractivity contribution in [2.45, 2.75) is 24.8 Å². The molecule has 1 aliphatic carbocycles.